The third-order valence-corrected chi connectivity index (χ3v) is 4.13. The molecule has 0 fully saturated rings. The van der Waals surface area contributed by atoms with Gasteiger partial charge < -0.3 is 14.4 Å². The Morgan fingerprint density at radius 2 is 2.16 bits per heavy atom. The van der Waals surface area contributed by atoms with E-state index >= 15 is 0 Å². The Morgan fingerprint density at radius 3 is 2.96 bits per heavy atom. The Morgan fingerprint density at radius 1 is 1.32 bits per heavy atom. The van der Waals surface area contributed by atoms with Crippen molar-refractivity contribution in [2.24, 2.45) is 0 Å². The third-order valence-electron chi connectivity index (χ3n) is 4.13. The molecule has 0 spiro atoms. The number of carbonyl (C=O) groups excluding carboxylic acids is 1. The zero-order valence-corrected chi connectivity index (χ0v) is 13.8. The lowest BCUT2D eigenvalue weighted by atomic mass is 9.97. The van der Waals surface area contributed by atoms with Crippen LogP contribution in [0.15, 0.2) is 30.6 Å². The molecule has 0 N–H and O–H groups in total. The van der Waals surface area contributed by atoms with Gasteiger partial charge in [0.25, 0.3) is 5.91 Å². The number of amides is 1. The molecule has 0 aliphatic carbocycles. The fourth-order valence-electron chi connectivity index (χ4n) is 2.88. The Hall–Kier alpha value is -2.54. The molecule has 3 rings (SSSR count). The first-order valence-electron chi connectivity index (χ1n) is 7.87. The Bertz CT molecular complexity index is 783. The van der Waals surface area contributed by atoms with Crippen LogP contribution in [0.5, 0.6) is 5.75 Å². The van der Waals surface area contributed by atoms with Gasteiger partial charge in [0.2, 0.25) is 0 Å². The van der Waals surface area contributed by atoms with Crippen LogP contribution < -0.4 is 4.74 Å². The van der Waals surface area contributed by atoms with Crippen molar-refractivity contribution in [2.45, 2.75) is 19.6 Å². The number of hydrogen-bond acceptors (Lipinski definition) is 4. The van der Waals surface area contributed by atoms with Gasteiger partial charge >= 0.3 is 0 Å². The molecule has 0 radical (unpaired) electrons. The van der Waals surface area contributed by atoms with E-state index in [9.17, 15) is 13.6 Å². The van der Waals surface area contributed by atoms with Crippen molar-refractivity contribution in [3.63, 3.8) is 0 Å². The summed E-state index contributed by atoms with van der Waals surface area (Å²) in [6, 6.07) is 2.89. The summed E-state index contributed by atoms with van der Waals surface area (Å²) in [7, 11) is 1.63. The summed E-state index contributed by atoms with van der Waals surface area (Å²) in [6.07, 6.45) is 4.20. The number of nitrogens with zero attached hydrogens (tertiary/aromatic N) is 2. The van der Waals surface area contributed by atoms with Crippen molar-refractivity contribution in [3.05, 3.63) is 58.9 Å². The van der Waals surface area contributed by atoms with Crippen LogP contribution in [0.2, 0.25) is 0 Å². The number of aromatic nitrogens is 1. The van der Waals surface area contributed by atoms with Crippen LogP contribution in [0.25, 0.3) is 0 Å². The van der Waals surface area contributed by atoms with Crippen molar-refractivity contribution >= 4 is 5.91 Å². The van der Waals surface area contributed by atoms with E-state index in [4.69, 9.17) is 9.47 Å². The average molecular weight is 348 g/mol. The highest BCUT2D eigenvalue weighted by Gasteiger charge is 2.23. The van der Waals surface area contributed by atoms with Gasteiger partial charge in [-0.05, 0) is 35.2 Å². The van der Waals surface area contributed by atoms with Crippen molar-refractivity contribution in [3.8, 4) is 5.75 Å². The molecule has 0 saturated carbocycles. The summed E-state index contributed by atoms with van der Waals surface area (Å²) >= 11 is 0. The summed E-state index contributed by atoms with van der Waals surface area (Å²) in [4.78, 5) is 18.1. The second kappa shape index (κ2) is 7.57. The number of carbonyl (C=O) groups is 1. The first-order chi connectivity index (χ1) is 12.1. The van der Waals surface area contributed by atoms with Crippen LogP contribution in [0.1, 0.15) is 16.7 Å². The third kappa shape index (κ3) is 3.93. The number of halogens is 2. The zero-order valence-electron chi connectivity index (χ0n) is 13.8. The number of rotatable bonds is 5. The fourth-order valence-corrected chi connectivity index (χ4v) is 2.88. The lowest BCUT2D eigenvalue weighted by Gasteiger charge is -2.29. The zero-order chi connectivity index (χ0) is 17.8. The number of fused-ring (bicyclic) bond motifs is 1. The molecule has 7 heteroatoms. The van der Waals surface area contributed by atoms with Gasteiger partial charge in [-0.25, -0.2) is 8.78 Å². The van der Waals surface area contributed by atoms with E-state index in [0.717, 1.165) is 34.9 Å². The van der Waals surface area contributed by atoms with E-state index in [1.807, 2.05) is 0 Å². The number of hydrogen-bond donors (Lipinski definition) is 0. The molecular weight excluding hydrogens is 330 g/mol. The van der Waals surface area contributed by atoms with Gasteiger partial charge in [-0.3, -0.25) is 9.78 Å². The van der Waals surface area contributed by atoms with Crippen LogP contribution in [-0.4, -0.2) is 36.1 Å². The summed E-state index contributed by atoms with van der Waals surface area (Å²) in [5.74, 6) is -1.87. The lowest BCUT2D eigenvalue weighted by molar-refractivity contribution is -0.134. The highest BCUT2D eigenvalue weighted by molar-refractivity contribution is 5.78. The summed E-state index contributed by atoms with van der Waals surface area (Å²) in [6.45, 7) is 1.07. The maximum Gasteiger partial charge on any atom is 0.260 e. The number of methoxy groups -OCH3 is 1. The number of benzene rings is 1. The molecule has 1 aliphatic rings. The largest absolute Gasteiger partial charge is 0.481 e. The molecule has 1 amide bonds. The van der Waals surface area contributed by atoms with Gasteiger partial charge in [0.1, 0.15) is 5.82 Å². The average Bonchev–Trinajstić information content (AvgIpc) is 2.62. The minimum atomic E-state index is -0.702. The van der Waals surface area contributed by atoms with Crippen LogP contribution in [0, 0.1) is 11.6 Å². The van der Waals surface area contributed by atoms with E-state index in [2.05, 4.69) is 4.98 Å². The van der Waals surface area contributed by atoms with Crippen molar-refractivity contribution < 1.29 is 23.0 Å². The normalized spacial score (nSPS) is 13.5. The molecule has 0 bridgehead atoms. The first-order valence-corrected chi connectivity index (χ1v) is 7.87. The number of pyridine rings is 1. The SMILES string of the molecule is COCc1cncc2c1CCN(C(=O)COc1cc(F)ccc1F)C2. The minimum absolute atomic E-state index is 0.269. The predicted octanol–water partition coefficient (Wildman–Crippen LogP) is 2.47. The van der Waals surface area contributed by atoms with E-state index < -0.39 is 11.6 Å². The maximum atomic E-state index is 13.5. The summed E-state index contributed by atoms with van der Waals surface area (Å²) in [5.41, 5.74) is 3.13. The minimum Gasteiger partial charge on any atom is -0.481 e. The summed E-state index contributed by atoms with van der Waals surface area (Å²) in [5, 5.41) is 0. The van der Waals surface area contributed by atoms with Gasteiger partial charge in [0, 0.05) is 38.7 Å². The molecular formula is C18H18F2N2O3. The maximum absolute atomic E-state index is 13.5. The van der Waals surface area contributed by atoms with E-state index in [1.54, 1.807) is 24.4 Å². The van der Waals surface area contributed by atoms with Gasteiger partial charge in [-0.15, -0.1) is 0 Å². The molecule has 0 unspecified atom stereocenters. The monoisotopic (exact) mass is 348 g/mol. The molecule has 1 aliphatic heterocycles. The Balaban J connectivity index is 1.64. The highest BCUT2D eigenvalue weighted by atomic mass is 19.1. The van der Waals surface area contributed by atoms with Crippen molar-refractivity contribution in [2.75, 3.05) is 20.3 Å². The summed E-state index contributed by atoms with van der Waals surface area (Å²) < 4.78 is 37.0. The standard InChI is InChI=1S/C18H18F2N2O3/c1-24-10-13-8-21-7-12-9-22(5-4-15(12)13)18(23)11-25-17-6-14(19)2-3-16(17)20/h2-3,6-8H,4-5,9-11H2,1H3. The number of ether oxygens (including phenoxy) is 2. The van der Waals surface area contributed by atoms with Crippen LogP contribution in [0.3, 0.4) is 0 Å². The molecule has 1 aromatic heterocycles. The molecule has 5 nitrogen and oxygen atoms in total. The van der Waals surface area contributed by atoms with Crippen LogP contribution in [0.4, 0.5) is 8.78 Å². The van der Waals surface area contributed by atoms with Gasteiger partial charge in [-0.2, -0.15) is 0 Å². The lowest BCUT2D eigenvalue weighted by Crippen LogP contribution is -2.39. The van der Waals surface area contributed by atoms with Gasteiger partial charge in [-0.1, -0.05) is 0 Å². The Labute approximate surface area is 144 Å². The molecule has 25 heavy (non-hydrogen) atoms. The second-order valence-electron chi connectivity index (χ2n) is 5.80. The molecule has 2 aromatic rings. The Kier molecular flexibility index (Phi) is 5.23. The quantitative estimate of drug-likeness (QED) is 0.833. The second-order valence-corrected chi connectivity index (χ2v) is 5.80. The van der Waals surface area contributed by atoms with E-state index in [0.29, 0.717) is 26.1 Å². The topological polar surface area (TPSA) is 51.7 Å². The first kappa shape index (κ1) is 17.3. The van der Waals surface area contributed by atoms with Crippen LogP contribution in [-0.2, 0) is 29.1 Å². The fraction of sp³-hybridized carbons (Fsp3) is 0.333. The van der Waals surface area contributed by atoms with Crippen LogP contribution >= 0.6 is 0 Å². The molecule has 132 valence electrons. The molecule has 0 saturated heterocycles. The van der Waals surface area contributed by atoms with Crippen molar-refractivity contribution in [1.29, 1.82) is 0 Å². The predicted molar refractivity (Wildman–Crippen MR) is 85.9 cm³/mol. The van der Waals surface area contributed by atoms with E-state index in [-0.39, 0.29) is 18.3 Å². The van der Waals surface area contributed by atoms with Gasteiger partial charge in [0.05, 0.1) is 6.61 Å². The van der Waals surface area contributed by atoms with E-state index in [1.165, 1.54) is 0 Å². The molecule has 1 aromatic carbocycles. The van der Waals surface area contributed by atoms with Crippen molar-refractivity contribution in [1.82, 2.24) is 9.88 Å². The highest BCUT2D eigenvalue weighted by Crippen LogP contribution is 2.23. The smallest absolute Gasteiger partial charge is 0.260 e. The molecule has 0 atom stereocenters. The molecule has 2 heterocycles. The van der Waals surface area contributed by atoms with Gasteiger partial charge in [0.15, 0.2) is 18.2 Å².